The van der Waals surface area contributed by atoms with E-state index >= 15 is 0 Å². The van der Waals surface area contributed by atoms with E-state index in [1.165, 1.54) is 25.7 Å². The highest BCUT2D eigenvalue weighted by atomic mass is 35.5. The summed E-state index contributed by atoms with van der Waals surface area (Å²) in [7, 11) is 0. The van der Waals surface area contributed by atoms with Crippen LogP contribution in [0.2, 0.25) is 20.1 Å². The summed E-state index contributed by atoms with van der Waals surface area (Å²) in [6, 6.07) is 33.3. The number of rotatable bonds is 18. The van der Waals surface area contributed by atoms with E-state index in [2.05, 4.69) is 72.2 Å². The molecule has 0 saturated carbocycles. The predicted octanol–water partition coefficient (Wildman–Crippen LogP) is 15.3. The second-order valence-electron chi connectivity index (χ2n) is 16.9. The number of unbranched alkanes of at least 4 members (excludes halogenated alkanes) is 4. The summed E-state index contributed by atoms with van der Waals surface area (Å²) in [4.78, 5) is 19.2. The van der Waals surface area contributed by atoms with Crippen LogP contribution in [0.3, 0.4) is 0 Å². The Morgan fingerprint density at radius 2 is 0.922 bits per heavy atom. The molecule has 3 heterocycles. The van der Waals surface area contributed by atoms with E-state index < -0.39 is 11.6 Å². The van der Waals surface area contributed by atoms with Crippen LogP contribution in [-0.2, 0) is 10.3 Å². The minimum absolute atomic E-state index is 0.00714. The summed E-state index contributed by atoms with van der Waals surface area (Å²) in [5.41, 5.74) is 6.31. The lowest BCUT2D eigenvalue weighted by atomic mass is 9.83. The SMILES string of the molecule is CCCCCOc1ccc(C(=CC2(C=C(c3ccc(OCCCCC)cc3)c3ccc(N4CCCC4)cc3)OC(=O)c3c(Cl)c(Cl)c(Cl)c(Cl)c32)c2ccc(N3CCCC3)cc2)cc1. The van der Waals surface area contributed by atoms with Crippen molar-refractivity contribution < 1.29 is 19.0 Å². The average Bonchev–Trinajstić information content (AvgIpc) is 4.12. The van der Waals surface area contributed by atoms with E-state index in [0.29, 0.717) is 18.8 Å². The number of halogens is 4. The standard InChI is InChI=1S/C54H56Cl4N2O4/c1-3-5-11-33-62-43-25-17-39(18-26-43)45(37-13-21-41(22-14-37)59-29-7-8-30-59)35-54(48-47(53(61)64-54)49(55)51(57)52(58)50(48)56)36-46(38-15-23-42(24-16-38)60-31-9-10-32-60)40-19-27-44(28-20-40)63-34-12-6-4-2/h13-28,35-36H,3-12,29-34H2,1-2H3. The molecule has 0 unspecified atom stereocenters. The van der Waals surface area contributed by atoms with Crippen LogP contribution in [0.15, 0.2) is 109 Å². The van der Waals surface area contributed by atoms with Crippen molar-refractivity contribution in [1.29, 1.82) is 0 Å². The fourth-order valence-corrected chi connectivity index (χ4v) is 10.1. The van der Waals surface area contributed by atoms with Crippen molar-refractivity contribution in [3.8, 4) is 11.5 Å². The molecular weight excluding hydrogens is 882 g/mol. The fourth-order valence-electron chi connectivity index (χ4n) is 8.99. The topological polar surface area (TPSA) is 51.2 Å². The van der Waals surface area contributed by atoms with Crippen LogP contribution in [-0.4, -0.2) is 45.4 Å². The Balaban J connectivity index is 1.34. The maximum Gasteiger partial charge on any atom is 0.341 e. The first-order valence-corrected chi connectivity index (χ1v) is 24.4. The van der Waals surface area contributed by atoms with Crippen LogP contribution < -0.4 is 19.3 Å². The Hall–Kier alpha value is -4.59. The highest BCUT2D eigenvalue weighted by molar-refractivity contribution is 6.53. The van der Waals surface area contributed by atoms with E-state index in [4.69, 9.17) is 60.6 Å². The van der Waals surface area contributed by atoms with E-state index in [1.807, 2.05) is 60.7 Å². The normalized spacial score (nSPS) is 17.6. The Morgan fingerprint density at radius 1 is 0.547 bits per heavy atom. The molecule has 6 nitrogen and oxygen atoms in total. The summed E-state index contributed by atoms with van der Waals surface area (Å²) in [5.74, 6) is 0.904. The number of nitrogens with zero attached hydrogens (tertiary/aromatic N) is 2. The van der Waals surface area contributed by atoms with Crippen molar-refractivity contribution in [2.24, 2.45) is 0 Å². The average molecular weight is 939 g/mol. The van der Waals surface area contributed by atoms with Crippen LogP contribution in [0.4, 0.5) is 11.4 Å². The van der Waals surface area contributed by atoms with Gasteiger partial charge in [-0.05, 0) is 133 Å². The largest absolute Gasteiger partial charge is 0.494 e. The van der Waals surface area contributed by atoms with Crippen molar-refractivity contribution in [1.82, 2.24) is 0 Å². The Morgan fingerprint density at radius 3 is 1.31 bits per heavy atom. The van der Waals surface area contributed by atoms with Gasteiger partial charge in [0.05, 0.1) is 38.9 Å². The molecule has 0 bridgehead atoms. The number of hydrogen-bond acceptors (Lipinski definition) is 6. The second-order valence-corrected chi connectivity index (χ2v) is 18.5. The summed E-state index contributed by atoms with van der Waals surface area (Å²) >= 11 is 27.8. The monoisotopic (exact) mass is 936 g/mol. The number of ether oxygens (including phenoxy) is 3. The van der Waals surface area contributed by atoms with Crippen LogP contribution >= 0.6 is 46.4 Å². The Kier molecular flexibility index (Phi) is 15.2. The lowest BCUT2D eigenvalue weighted by molar-refractivity contribution is 0.0300. The number of fused-ring (bicyclic) bond motifs is 1. The number of carbonyl (C=O) groups is 1. The van der Waals surface area contributed by atoms with Gasteiger partial charge in [0.1, 0.15) is 11.5 Å². The van der Waals surface area contributed by atoms with Gasteiger partial charge in [0, 0.05) is 43.1 Å². The zero-order valence-corrected chi connectivity index (χ0v) is 39.8. The molecule has 0 atom stereocenters. The second kappa shape index (κ2) is 21.1. The number of hydrogen-bond donors (Lipinski definition) is 0. The molecule has 334 valence electrons. The van der Waals surface area contributed by atoms with Gasteiger partial charge in [-0.15, -0.1) is 0 Å². The molecule has 64 heavy (non-hydrogen) atoms. The summed E-state index contributed by atoms with van der Waals surface area (Å²) in [5, 5.41) is 0.108. The molecule has 8 rings (SSSR count). The van der Waals surface area contributed by atoms with E-state index in [0.717, 1.165) is 121 Å². The molecule has 0 N–H and O–H groups in total. The molecule has 3 aliphatic rings. The molecule has 2 saturated heterocycles. The van der Waals surface area contributed by atoms with Gasteiger partial charge in [0.25, 0.3) is 0 Å². The predicted molar refractivity (Wildman–Crippen MR) is 266 cm³/mol. The highest BCUT2D eigenvalue weighted by Gasteiger charge is 2.48. The van der Waals surface area contributed by atoms with Crippen molar-refractivity contribution in [2.75, 3.05) is 49.2 Å². The maximum absolute atomic E-state index is 14.4. The van der Waals surface area contributed by atoms with Gasteiger partial charge in [0.2, 0.25) is 0 Å². The molecule has 5 aromatic rings. The molecule has 10 heteroatoms. The first-order chi connectivity index (χ1) is 31.2. The third kappa shape index (κ3) is 10.1. The van der Waals surface area contributed by atoms with Crippen molar-refractivity contribution in [3.05, 3.63) is 163 Å². The Bertz CT molecular complexity index is 2330. The van der Waals surface area contributed by atoms with E-state index in [-0.39, 0.29) is 25.7 Å². The molecule has 0 spiro atoms. The number of benzene rings is 5. The van der Waals surface area contributed by atoms with Crippen molar-refractivity contribution in [3.63, 3.8) is 0 Å². The zero-order chi connectivity index (χ0) is 44.6. The molecule has 5 aromatic carbocycles. The van der Waals surface area contributed by atoms with Gasteiger partial charge in [-0.25, -0.2) is 4.79 Å². The lowest BCUT2D eigenvalue weighted by Crippen LogP contribution is -2.23. The van der Waals surface area contributed by atoms with Gasteiger partial charge in [0.15, 0.2) is 5.60 Å². The molecule has 0 aliphatic carbocycles. The highest BCUT2D eigenvalue weighted by Crippen LogP contribution is 2.54. The molecular formula is C54H56Cl4N2O4. The van der Waals surface area contributed by atoms with Crippen molar-refractivity contribution >= 4 is 74.9 Å². The fraction of sp³-hybridized carbons (Fsp3) is 0.352. The molecule has 2 fully saturated rings. The minimum Gasteiger partial charge on any atom is -0.494 e. The number of esters is 1. The van der Waals surface area contributed by atoms with Crippen LogP contribution in [0.1, 0.15) is 116 Å². The van der Waals surface area contributed by atoms with Gasteiger partial charge in [-0.3, -0.25) is 0 Å². The van der Waals surface area contributed by atoms with Gasteiger partial charge >= 0.3 is 5.97 Å². The first kappa shape index (κ1) is 46.0. The zero-order valence-electron chi connectivity index (χ0n) is 36.7. The summed E-state index contributed by atoms with van der Waals surface area (Å²) in [6.07, 6.45) is 15.1. The number of anilines is 2. The van der Waals surface area contributed by atoms with Crippen LogP contribution in [0, 0.1) is 0 Å². The smallest absolute Gasteiger partial charge is 0.341 e. The van der Waals surface area contributed by atoms with Gasteiger partial charge in [-0.2, -0.15) is 0 Å². The number of carbonyl (C=O) groups excluding carboxylic acids is 1. The number of cyclic esters (lactones) is 1. The van der Waals surface area contributed by atoms with E-state index in [1.54, 1.807) is 0 Å². The lowest BCUT2D eigenvalue weighted by Gasteiger charge is -2.28. The van der Waals surface area contributed by atoms with Crippen LogP contribution in [0.5, 0.6) is 11.5 Å². The minimum atomic E-state index is -1.63. The van der Waals surface area contributed by atoms with E-state index in [9.17, 15) is 4.79 Å². The first-order valence-electron chi connectivity index (χ1n) is 22.9. The van der Waals surface area contributed by atoms with Gasteiger partial charge < -0.3 is 24.0 Å². The van der Waals surface area contributed by atoms with Crippen molar-refractivity contribution in [2.45, 2.75) is 83.7 Å². The maximum atomic E-state index is 14.4. The molecule has 3 aliphatic heterocycles. The summed E-state index contributed by atoms with van der Waals surface area (Å²) < 4.78 is 19.0. The third-order valence-electron chi connectivity index (χ3n) is 12.5. The quantitative estimate of drug-likeness (QED) is 0.0378. The molecule has 0 aromatic heterocycles. The van der Waals surface area contributed by atoms with Gasteiger partial charge in [-0.1, -0.05) is 134 Å². The molecule has 0 amide bonds. The third-order valence-corrected chi connectivity index (χ3v) is 14.3. The van der Waals surface area contributed by atoms with Crippen LogP contribution in [0.25, 0.3) is 11.1 Å². The Labute approximate surface area is 398 Å². The molecule has 0 radical (unpaired) electrons. The summed E-state index contributed by atoms with van der Waals surface area (Å²) in [6.45, 7) is 9.76.